The van der Waals surface area contributed by atoms with Crippen LogP contribution in [0.2, 0.25) is 0 Å². The quantitative estimate of drug-likeness (QED) is 0.296. The van der Waals surface area contributed by atoms with Gasteiger partial charge in [-0.15, -0.1) is 0 Å². The number of hydrogen-bond acceptors (Lipinski definition) is 3. The molecule has 35 heavy (non-hydrogen) atoms. The minimum Gasteiger partial charge on any atom is -0.304 e. The van der Waals surface area contributed by atoms with Crippen LogP contribution in [-0.2, 0) is 22.7 Å². The Morgan fingerprint density at radius 3 is 2.11 bits per heavy atom. The highest BCUT2D eigenvalue weighted by Crippen LogP contribution is 2.30. The molecule has 3 aromatic carbocycles. The Balaban J connectivity index is 1.91. The molecule has 0 fully saturated rings. The first kappa shape index (κ1) is 27.2. The lowest BCUT2D eigenvalue weighted by molar-refractivity contribution is -0.137. The van der Waals surface area contributed by atoms with E-state index in [-0.39, 0.29) is 17.5 Å². The Morgan fingerprint density at radius 2 is 1.51 bits per heavy atom. The highest BCUT2D eigenvalue weighted by atomic mass is 32.2. The van der Waals surface area contributed by atoms with E-state index < -0.39 is 21.8 Å². The van der Waals surface area contributed by atoms with Crippen LogP contribution in [0.1, 0.15) is 44.7 Å². The molecule has 0 heterocycles. The molecular weight excluding hydrogens is 473 g/mol. The second-order valence-electron chi connectivity index (χ2n) is 8.77. The minimum atomic E-state index is -4.44. The third-order valence-electron chi connectivity index (χ3n) is 6.43. The summed E-state index contributed by atoms with van der Waals surface area (Å²) < 4.78 is 68.0. The zero-order valence-corrected chi connectivity index (χ0v) is 21.2. The second kappa shape index (κ2) is 11.5. The van der Waals surface area contributed by atoms with Crippen LogP contribution in [0.5, 0.6) is 0 Å². The van der Waals surface area contributed by atoms with E-state index in [1.165, 1.54) is 16.4 Å². The largest absolute Gasteiger partial charge is 0.416 e. The van der Waals surface area contributed by atoms with Gasteiger partial charge in [0.2, 0.25) is 10.0 Å². The summed E-state index contributed by atoms with van der Waals surface area (Å²) in [5, 5.41) is 1.75. The molecular formula is C27H33F3N2O2S. The lowest BCUT2D eigenvalue weighted by Crippen LogP contribution is -2.38. The van der Waals surface area contributed by atoms with Crippen LogP contribution in [0.25, 0.3) is 10.8 Å². The van der Waals surface area contributed by atoms with Crippen molar-refractivity contribution in [1.29, 1.82) is 0 Å². The zero-order valence-electron chi connectivity index (χ0n) is 20.4. The summed E-state index contributed by atoms with van der Waals surface area (Å²) in [6.45, 7) is 8.76. The lowest BCUT2D eigenvalue weighted by atomic mass is 10.1. The molecule has 1 unspecified atom stereocenters. The van der Waals surface area contributed by atoms with E-state index in [0.29, 0.717) is 12.0 Å². The van der Waals surface area contributed by atoms with E-state index in [0.717, 1.165) is 49.0 Å². The Morgan fingerprint density at radius 1 is 0.886 bits per heavy atom. The highest BCUT2D eigenvalue weighted by molar-refractivity contribution is 7.89. The minimum absolute atomic E-state index is 0.000264. The van der Waals surface area contributed by atoms with Gasteiger partial charge in [0.25, 0.3) is 0 Å². The van der Waals surface area contributed by atoms with Crippen molar-refractivity contribution < 1.29 is 21.6 Å². The van der Waals surface area contributed by atoms with E-state index in [1.807, 2.05) is 31.2 Å². The van der Waals surface area contributed by atoms with Gasteiger partial charge in [0.15, 0.2) is 0 Å². The molecule has 3 aromatic rings. The Bertz CT molecular complexity index is 1210. The Hall–Kier alpha value is -2.42. The van der Waals surface area contributed by atoms with E-state index in [4.69, 9.17) is 0 Å². The third kappa shape index (κ3) is 6.84. The van der Waals surface area contributed by atoms with Crippen molar-refractivity contribution in [3.8, 4) is 0 Å². The van der Waals surface area contributed by atoms with Crippen molar-refractivity contribution in [2.45, 2.75) is 57.3 Å². The average Bonchev–Trinajstić information content (AvgIpc) is 2.84. The monoisotopic (exact) mass is 506 g/mol. The fourth-order valence-electron chi connectivity index (χ4n) is 4.21. The van der Waals surface area contributed by atoms with E-state index in [1.54, 1.807) is 18.2 Å². The van der Waals surface area contributed by atoms with Gasteiger partial charge >= 0.3 is 6.18 Å². The summed E-state index contributed by atoms with van der Waals surface area (Å²) in [5.41, 5.74) is -0.240. The number of halogens is 3. The Labute approximate surface area is 206 Å². The standard InChI is InChI=1S/C27H33F3N2O2S/c1-4-31(5-2)18-8-9-21(3)32(20-22-12-15-25(16-13-22)27(28,29)30)35(33,34)26-17-14-23-10-6-7-11-24(23)19-26/h6-7,10-17,19,21H,4-5,8-9,18,20H2,1-3H3. The number of sulfonamides is 1. The molecule has 0 radical (unpaired) electrons. The summed E-state index contributed by atoms with van der Waals surface area (Å²) in [7, 11) is -3.89. The van der Waals surface area contributed by atoms with Crippen LogP contribution in [0.3, 0.4) is 0 Å². The van der Waals surface area contributed by atoms with Gasteiger partial charge in [-0.1, -0.05) is 56.3 Å². The van der Waals surface area contributed by atoms with Gasteiger partial charge in [0, 0.05) is 12.6 Å². The fourth-order valence-corrected chi connectivity index (χ4v) is 5.90. The first-order valence-corrected chi connectivity index (χ1v) is 13.4. The summed E-state index contributed by atoms with van der Waals surface area (Å²) in [5.74, 6) is 0. The molecule has 0 spiro atoms. The first-order valence-electron chi connectivity index (χ1n) is 12.0. The van der Waals surface area contributed by atoms with Gasteiger partial charge in [-0.05, 0) is 80.0 Å². The van der Waals surface area contributed by atoms with Crippen molar-refractivity contribution in [2.24, 2.45) is 0 Å². The number of hydrogen-bond donors (Lipinski definition) is 0. The van der Waals surface area contributed by atoms with E-state index >= 15 is 0 Å². The summed E-state index contributed by atoms with van der Waals surface area (Å²) >= 11 is 0. The highest BCUT2D eigenvalue weighted by Gasteiger charge is 2.32. The maximum atomic E-state index is 13.8. The third-order valence-corrected chi connectivity index (χ3v) is 8.39. The maximum absolute atomic E-state index is 13.8. The van der Waals surface area contributed by atoms with Crippen molar-refractivity contribution in [1.82, 2.24) is 9.21 Å². The van der Waals surface area contributed by atoms with Gasteiger partial charge < -0.3 is 4.90 Å². The lowest BCUT2D eigenvalue weighted by Gasteiger charge is -2.29. The summed E-state index contributed by atoms with van der Waals surface area (Å²) in [6, 6.07) is 17.0. The molecule has 0 aliphatic heterocycles. The molecule has 1 atom stereocenters. The molecule has 0 aliphatic rings. The molecule has 0 aliphatic carbocycles. The normalized spacial score (nSPS) is 13.6. The van der Waals surface area contributed by atoms with Gasteiger partial charge in [0.1, 0.15) is 0 Å². The van der Waals surface area contributed by atoms with E-state index in [9.17, 15) is 21.6 Å². The van der Waals surface area contributed by atoms with Crippen LogP contribution in [0.15, 0.2) is 71.6 Å². The Kier molecular flexibility index (Phi) is 8.96. The molecule has 190 valence electrons. The van der Waals surface area contributed by atoms with Gasteiger partial charge in [0.05, 0.1) is 10.5 Å². The van der Waals surface area contributed by atoms with Crippen LogP contribution in [-0.4, -0.2) is 43.3 Å². The fraction of sp³-hybridized carbons (Fsp3) is 0.407. The molecule has 8 heteroatoms. The maximum Gasteiger partial charge on any atom is 0.416 e. The van der Waals surface area contributed by atoms with Crippen molar-refractivity contribution in [3.63, 3.8) is 0 Å². The molecule has 0 amide bonds. The molecule has 0 N–H and O–H groups in total. The topological polar surface area (TPSA) is 40.6 Å². The van der Waals surface area contributed by atoms with Crippen molar-refractivity contribution in [3.05, 3.63) is 77.9 Å². The predicted octanol–water partition coefficient (Wildman–Crippen LogP) is 6.56. The number of nitrogens with zero attached hydrogens (tertiary/aromatic N) is 2. The van der Waals surface area contributed by atoms with Gasteiger partial charge in [-0.25, -0.2) is 8.42 Å². The van der Waals surface area contributed by atoms with Crippen molar-refractivity contribution >= 4 is 20.8 Å². The van der Waals surface area contributed by atoms with E-state index in [2.05, 4.69) is 18.7 Å². The van der Waals surface area contributed by atoms with Crippen LogP contribution in [0.4, 0.5) is 13.2 Å². The number of fused-ring (bicyclic) bond motifs is 1. The van der Waals surface area contributed by atoms with Gasteiger partial charge in [-0.2, -0.15) is 17.5 Å². The number of rotatable bonds is 11. The average molecular weight is 507 g/mol. The molecule has 3 rings (SSSR count). The first-order chi connectivity index (χ1) is 16.6. The van der Waals surface area contributed by atoms with Crippen LogP contribution >= 0.6 is 0 Å². The second-order valence-corrected chi connectivity index (χ2v) is 10.7. The molecule has 0 bridgehead atoms. The smallest absolute Gasteiger partial charge is 0.304 e. The molecule has 4 nitrogen and oxygen atoms in total. The number of alkyl halides is 3. The van der Waals surface area contributed by atoms with Crippen LogP contribution < -0.4 is 0 Å². The zero-order chi connectivity index (χ0) is 25.6. The molecule has 0 saturated carbocycles. The van der Waals surface area contributed by atoms with Gasteiger partial charge in [-0.3, -0.25) is 0 Å². The summed E-state index contributed by atoms with van der Waals surface area (Å²) in [6.07, 6.45) is -2.98. The van der Waals surface area contributed by atoms with Crippen LogP contribution in [0, 0.1) is 0 Å². The summed E-state index contributed by atoms with van der Waals surface area (Å²) in [4.78, 5) is 2.46. The SMILES string of the molecule is CCN(CC)CCCC(C)N(Cc1ccc(C(F)(F)F)cc1)S(=O)(=O)c1ccc2ccccc2c1. The van der Waals surface area contributed by atoms with Crippen molar-refractivity contribution in [2.75, 3.05) is 19.6 Å². The number of benzene rings is 3. The molecule has 0 aromatic heterocycles. The molecule has 0 saturated heterocycles. The predicted molar refractivity (Wildman–Crippen MR) is 135 cm³/mol.